The van der Waals surface area contributed by atoms with Crippen molar-refractivity contribution in [3.05, 3.63) is 31.5 Å². The lowest BCUT2D eigenvalue weighted by atomic mass is 10.4. The molecule has 0 aromatic carbocycles. The average Bonchev–Trinajstić information content (AvgIpc) is 2.74. The molecule has 0 aliphatic carbocycles. The summed E-state index contributed by atoms with van der Waals surface area (Å²) in [6.45, 7) is 0.704. The minimum atomic E-state index is 0.378. The third kappa shape index (κ3) is 3.38. The molecule has 2 aromatic heterocycles. The van der Waals surface area contributed by atoms with Crippen LogP contribution in [0.15, 0.2) is 26.6 Å². The lowest BCUT2D eigenvalue weighted by molar-refractivity contribution is 1.07. The molecule has 4 N–H and O–H groups in total. The van der Waals surface area contributed by atoms with Crippen LogP contribution in [0, 0.1) is 0 Å². The molecule has 0 fully saturated rings. The molecule has 0 amide bonds. The lowest BCUT2D eigenvalue weighted by Crippen LogP contribution is -2.12. The van der Waals surface area contributed by atoms with Crippen molar-refractivity contribution in [3.63, 3.8) is 0 Å². The minimum absolute atomic E-state index is 0.378. The molecule has 17 heavy (non-hydrogen) atoms. The second-order valence-electron chi connectivity index (χ2n) is 3.12. The number of anilines is 2. The van der Waals surface area contributed by atoms with Crippen molar-refractivity contribution < 1.29 is 0 Å². The van der Waals surface area contributed by atoms with Gasteiger partial charge in [-0.25, -0.2) is 10.8 Å². The summed E-state index contributed by atoms with van der Waals surface area (Å²) in [5.74, 6) is 6.34. The van der Waals surface area contributed by atoms with E-state index in [4.69, 9.17) is 5.84 Å². The molecule has 2 aromatic rings. The van der Waals surface area contributed by atoms with Gasteiger partial charge >= 0.3 is 0 Å². The van der Waals surface area contributed by atoms with Gasteiger partial charge < -0.3 is 5.32 Å². The van der Waals surface area contributed by atoms with E-state index in [-0.39, 0.29) is 0 Å². The summed E-state index contributed by atoms with van der Waals surface area (Å²) >= 11 is 8.47. The van der Waals surface area contributed by atoms with Crippen LogP contribution in [0.2, 0.25) is 0 Å². The monoisotopic (exact) mass is 377 g/mol. The molecule has 0 bridgehead atoms. The Labute approximate surface area is 119 Å². The number of nitrogens with one attached hydrogen (secondary N) is 2. The molecule has 0 saturated carbocycles. The van der Waals surface area contributed by atoms with Gasteiger partial charge in [0.15, 0.2) is 0 Å². The average molecular weight is 379 g/mol. The maximum Gasteiger partial charge on any atom is 0.239 e. The van der Waals surface area contributed by atoms with E-state index in [0.29, 0.717) is 18.3 Å². The number of hydrazine groups is 1. The van der Waals surface area contributed by atoms with Crippen LogP contribution in [0.3, 0.4) is 0 Å². The molecule has 0 aliphatic heterocycles. The van der Waals surface area contributed by atoms with E-state index >= 15 is 0 Å². The zero-order chi connectivity index (χ0) is 12.3. The molecule has 0 saturated heterocycles. The number of aromatic nitrogens is 2. The van der Waals surface area contributed by atoms with E-state index in [1.54, 1.807) is 17.5 Å². The van der Waals surface area contributed by atoms with Crippen molar-refractivity contribution in [1.82, 2.24) is 9.97 Å². The van der Waals surface area contributed by atoms with E-state index in [1.165, 1.54) is 4.88 Å². The Bertz CT molecular complexity index is 516. The second-order valence-corrected chi connectivity index (χ2v) is 5.89. The SMILES string of the molecule is NNc1ncc(Br)c(NCc2cc(Br)cs2)n1. The van der Waals surface area contributed by atoms with Gasteiger partial charge in [0.05, 0.1) is 11.0 Å². The number of nitrogens with two attached hydrogens (primary N) is 1. The van der Waals surface area contributed by atoms with Crippen LogP contribution in [-0.4, -0.2) is 9.97 Å². The summed E-state index contributed by atoms with van der Waals surface area (Å²) in [7, 11) is 0. The van der Waals surface area contributed by atoms with E-state index in [1.807, 2.05) is 5.38 Å². The molecule has 2 rings (SSSR count). The molecule has 90 valence electrons. The van der Waals surface area contributed by atoms with Crippen LogP contribution in [0.1, 0.15) is 4.88 Å². The van der Waals surface area contributed by atoms with Crippen molar-refractivity contribution in [2.24, 2.45) is 5.84 Å². The van der Waals surface area contributed by atoms with Crippen molar-refractivity contribution in [2.45, 2.75) is 6.54 Å². The molecule has 5 nitrogen and oxygen atoms in total. The van der Waals surface area contributed by atoms with Gasteiger partial charge in [-0.05, 0) is 37.9 Å². The Morgan fingerprint density at radius 1 is 1.41 bits per heavy atom. The topological polar surface area (TPSA) is 75.9 Å². The smallest absolute Gasteiger partial charge is 0.239 e. The van der Waals surface area contributed by atoms with Crippen LogP contribution in [0.4, 0.5) is 11.8 Å². The summed E-state index contributed by atoms with van der Waals surface area (Å²) in [6.07, 6.45) is 1.65. The summed E-state index contributed by atoms with van der Waals surface area (Å²) in [5, 5.41) is 5.25. The van der Waals surface area contributed by atoms with Crippen molar-refractivity contribution in [1.29, 1.82) is 0 Å². The highest BCUT2D eigenvalue weighted by Gasteiger charge is 2.05. The number of thiophene rings is 1. The predicted octanol–water partition coefficient (Wildman–Crippen LogP) is 2.96. The number of hydrogen-bond acceptors (Lipinski definition) is 6. The quantitative estimate of drug-likeness (QED) is 0.563. The lowest BCUT2D eigenvalue weighted by Gasteiger charge is -2.07. The fourth-order valence-electron chi connectivity index (χ4n) is 1.18. The number of rotatable bonds is 4. The van der Waals surface area contributed by atoms with Gasteiger partial charge in [0.1, 0.15) is 5.82 Å². The van der Waals surface area contributed by atoms with Crippen LogP contribution in [0.25, 0.3) is 0 Å². The number of nitrogens with zero attached hydrogens (tertiary/aromatic N) is 2. The minimum Gasteiger partial charge on any atom is -0.364 e. The largest absolute Gasteiger partial charge is 0.364 e. The Morgan fingerprint density at radius 3 is 2.88 bits per heavy atom. The summed E-state index contributed by atoms with van der Waals surface area (Å²) in [6, 6.07) is 2.06. The van der Waals surface area contributed by atoms with Gasteiger partial charge in [-0.3, -0.25) is 5.43 Å². The van der Waals surface area contributed by atoms with Crippen LogP contribution in [0.5, 0.6) is 0 Å². The molecule has 0 aliphatic rings. The predicted molar refractivity (Wildman–Crippen MR) is 76.9 cm³/mol. The molecule has 2 heterocycles. The van der Waals surface area contributed by atoms with E-state index < -0.39 is 0 Å². The Kier molecular flexibility index (Phi) is 4.32. The maximum absolute atomic E-state index is 5.26. The van der Waals surface area contributed by atoms with Gasteiger partial charge in [0, 0.05) is 20.9 Å². The van der Waals surface area contributed by atoms with Gasteiger partial charge in [-0.2, -0.15) is 4.98 Å². The third-order valence-electron chi connectivity index (χ3n) is 1.93. The first-order chi connectivity index (χ1) is 8.19. The van der Waals surface area contributed by atoms with E-state index in [9.17, 15) is 0 Å². The molecule has 0 radical (unpaired) electrons. The van der Waals surface area contributed by atoms with Gasteiger partial charge in [-0.15, -0.1) is 11.3 Å². The van der Waals surface area contributed by atoms with E-state index in [2.05, 4.69) is 58.6 Å². The molecule has 8 heteroatoms. The van der Waals surface area contributed by atoms with Crippen molar-refractivity contribution >= 4 is 55.0 Å². The van der Waals surface area contributed by atoms with Crippen molar-refractivity contribution in [2.75, 3.05) is 10.7 Å². The first kappa shape index (κ1) is 12.7. The van der Waals surface area contributed by atoms with Gasteiger partial charge in [0.25, 0.3) is 0 Å². The fourth-order valence-corrected chi connectivity index (χ4v) is 2.90. The first-order valence-electron chi connectivity index (χ1n) is 4.65. The number of hydrogen-bond donors (Lipinski definition) is 3. The molecule has 0 atom stereocenters. The Morgan fingerprint density at radius 2 is 2.24 bits per heavy atom. The summed E-state index contributed by atoms with van der Waals surface area (Å²) in [5.41, 5.74) is 2.41. The van der Waals surface area contributed by atoms with Crippen LogP contribution in [-0.2, 0) is 6.54 Å². The highest BCUT2D eigenvalue weighted by molar-refractivity contribution is 9.10. The van der Waals surface area contributed by atoms with E-state index in [0.717, 1.165) is 8.95 Å². The summed E-state index contributed by atoms with van der Waals surface area (Å²) < 4.78 is 1.89. The third-order valence-corrected chi connectivity index (χ3v) is 4.20. The van der Waals surface area contributed by atoms with Crippen LogP contribution < -0.4 is 16.6 Å². The molecular formula is C9H9Br2N5S. The molecule has 0 spiro atoms. The first-order valence-corrected chi connectivity index (χ1v) is 7.11. The summed E-state index contributed by atoms with van der Waals surface area (Å²) in [4.78, 5) is 9.39. The van der Waals surface area contributed by atoms with Gasteiger partial charge in [0.2, 0.25) is 5.95 Å². The number of halogens is 2. The molecule has 0 unspecified atom stereocenters. The zero-order valence-corrected chi connectivity index (χ0v) is 12.6. The normalized spacial score (nSPS) is 10.3. The Balaban J connectivity index is 2.07. The maximum atomic E-state index is 5.26. The van der Waals surface area contributed by atoms with Crippen LogP contribution >= 0.6 is 43.2 Å². The zero-order valence-electron chi connectivity index (χ0n) is 8.58. The number of nitrogen functional groups attached to an aromatic ring is 1. The standard InChI is InChI=1S/C9H9Br2N5S/c10-5-1-6(17-4-5)2-13-8-7(11)3-14-9(15-8)16-12/h1,3-4H,2,12H2,(H2,13,14,15,16). The highest BCUT2D eigenvalue weighted by atomic mass is 79.9. The molecular weight excluding hydrogens is 370 g/mol. The fraction of sp³-hybridized carbons (Fsp3) is 0.111. The Hall–Kier alpha value is -0.700. The van der Waals surface area contributed by atoms with Gasteiger partial charge in [-0.1, -0.05) is 0 Å². The van der Waals surface area contributed by atoms with Crippen molar-refractivity contribution in [3.8, 4) is 0 Å². The highest BCUT2D eigenvalue weighted by Crippen LogP contribution is 2.23. The second kappa shape index (κ2) is 5.76.